The predicted molar refractivity (Wildman–Crippen MR) is 112 cm³/mol. The van der Waals surface area contributed by atoms with Gasteiger partial charge in [-0.1, -0.05) is 30.3 Å². The van der Waals surface area contributed by atoms with E-state index in [0.29, 0.717) is 31.3 Å². The first-order valence-corrected chi connectivity index (χ1v) is 9.96. The number of anilines is 1. The fraction of sp³-hybridized carbons (Fsp3) is 0.435. The largest absolute Gasteiger partial charge is 0.489 e. The quantitative estimate of drug-likeness (QED) is 0.749. The van der Waals surface area contributed by atoms with Gasteiger partial charge in [0, 0.05) is 13.1 Å². The van der Waals surface area contributed by atoms with E-state index in [4.69, 9.17) is 15.2 Å². The van der Waals surface area contributed by atoms with E-state index >= 15 is 0 Å². The molecule has 1 heterocycles. The third-order valence-electron chi connectivity index (χ3n) is 5.16. The number of nitrogen functional groups attached to an aromatic ring is 1. The number of carbonyl (C=O) groups is 1. The number of benzene rings is 2. The van der Waals surface area contributed by atoms with Crippen LogP contribution in [0.2, 0.25) is 0 Å². The topological polar surface area (TPSA) is 64.8 Å². The summed E-state index contributed by atoms with van der Waals surface area (Å²) in [5.74, 6) is 1.15. The average Bonchev–Trinajstić information content (AvgIpc) is 2.69. The molecule has 1 amide bonds. The second-order valence-corrected chi connectivity index (χ2v) is 7.71. The molecule has 3 rings (SSSR count). The lowest BCUT2D eigenvalue weighted by molar-refractivity contribution is 0.0870. The number of piperidine rings is 1. The fourth-order valence-corrected chi connectivity index (χ4v) is 3.71. The highest BCUT2D eigenvalue weighted by Gasteiger charge is 2.26. The van der Waals surface area contributed by atoms with E-state index in [9.17, 15) is 4.79 Å². The van der Waals surface area contributed by atoms with Gasteiger partial charge in [-0.3, -0.25) is 0 Å². The van der Waals surface area contributed by atoms with Crippen LogP contribution < -0.4 is 10.5 Å². The first kappa shape index (κ1) is 20.1. The molecule has 5 heteroatoms. The third-order valence-corrected chi connectivity index (χ3v) is 5.16. The number of nitrogens with two attached hydrogens (primary N) is 1. The van der Waals surface area contributed by atoms with Crippen LogP contribution in [-0.2, 0) is 11.3 Å². The molecule has 0 aliphatic carbocycles. The summed E-state index contributed by atoms with van der Waals surface area (Å²) in [6.45, 7) is 7.79. The number of likely N-dealkylation sites (tertiary alicyclic amines) is 1. The van der Waals surface area contributed by atoms with Gasteiger partial charge in [0.15, 0.2) is 0 Å². The van der Waals surface area contributed by atoms with Crippen molar-refractivity contribution in [2.24, 2.45) is 0 Å². The lowest BCUT2D eigenvalue weighted by atomic mass is 9.86. The average molecular weight is 383 g/mol. The molecule has 0 atom stereocenters. The van der Waals surface area contributed by atoms with E-state index in [2.05, 4.69) is 13.0 Å². The second kappa shape index (κ2) is 9.00. The highest BCUT2D eigenvalue weighted by atomic mass is 16.6. The van der Waals surface area contributed by atoms with Gasteiger partial charge in [0.1, 0.15) is 12.4 Å². The van der Waals surface area contributed by atoms with Crippen LogP contribution in [-0.4, -0.2) is 30.2 Å². The summed E-state index contributed by atoms with van der Waals surface area (Å²) in [6, 6.07) is 13.8. The van der Waals surface area contributed by atoms with Gasteiger partial charge in [-0.05, 0) is 68.4 Å². The lowest BCUT2D eigenvalue weighted by Crippen LogP contribution is -2.38. The first-order chi connectivity index (χ1) is 13.4. The zero-order valence-electron chi connectivity index (χ0n) is 17.0. The molecule has 1 aliphatic heterocycles. The van der Waals surface area contributed by atoms with Crippen LogP contribution in [0.15, 0.2) is 42.5 Å². The smallest absolute Gasteiger partial charge is 0.410 e. The number of hydrogen-bond acceptors (Lipinski definition) is 4. The van der Waals surface area contributed by atoms with Gasteiger partial charge in [-0.25, -0.2) is 4.79 Å². The molecule has 2 aromatic carbocycles. The molecule has 150 valence electrons. The van der Waals surface area contributed by atoms with Gasteiger partial charge in [-0.15, -0.1) is 0 Å². The standard InChI is InChI=1S/C23H30N2O3/c1-16(2)28-22-14-20(17(3)13-21(22)24)19-9-11-25(12-10-19)23(26)27-15-18-7-5-4-6-8-18/h4-8,13-14,16,19H,9-12,15,24H2,1-3H3. The summed E-state index contributed by atoms with van der Waals surface area (Å²) < 4.78 is 11.3. The van der Waals surface area contributed by atoms with Gasteiger partial charge in [-0.2, -0.15) is 0 Å². The molecule has 0 radical (unpaired) electrons. The van der Waals surface area contributed by atoms with Crippen molar-refractivity contribution < 1.29 is 14.3 Å². The number of carbonyl (C=O) groups excluding carboxylic acids is 1. The van der Waals surface area contributed by atoms with E-state index in [1.807, 2.05) is 50.2 Å². The summed E-state index contributed by atoms with van der Waals surface area (Å²) in [5.41, 5.74) is 10.2. The van der Waals surface area contributed by atoms with Crippen LogP contribution in [0.1, 0.15) is 49.3 Å². The van der Waals surface area contributed by atoms with Crippen LogP contribution >= 0.6 is 0 Å². The number of nitrogens with zero attached hydrogens (tertiary/aromatic N) is 1. The minimum atomic E-state index is -0.236. The van der Waals surface area contributed by atoms with Crippen LogP contribution in [0.4, 0.5) is 10.5 Å². The van der Waals surface area contributed by atoms with E-state index in [1.165, 1.54) is 11.1 Å². The van der Waals surface area contributed by atoms with Crippen molar-refractivity contribution in [2.45, 2.75) is 52.2 Å². The molecule has 1 fully saturated rings. The molecule has 28 heavy (non-hydrogen) atoms. The lowest BCUT2D eigenvalue weighted by Gasteiger charge is -2.32. The Bertz CT molecular complexity index is 797. The van der Waals surface area contributed by atoms with Crippen molar-refractivity contribution in [2.75, 3.05) is 18.8 Å². The number of hydrogen-bond donors (Lipinski definition) is 1. The van der Waals surface area contributed by atoms with Crippen molar-refractivity contribution in [1.82, 2.24) is 4.90 Å². The Morgan fingerprint density at radius 3 is 2.50 bits per heavy atom. The van der Waals surface area contributed by atoms with Crippen LogP contribution in [0.25, 0.3) is 0 Å². The number of ether oxygens (including phenoxy) is 2. The van der Waals surface area contributed by atoms with E-state index in [0.717, 1.165) is 24.2 Å². The molecule has 2 N–H and O–H groups in total. The maximum Gasteiger partial charge on any atom is 0.410 e. The third kappa shape index (κ3) is 4.97. The monoisotopic (exact) mass is 382 g/mol. The fourth-order valence-electron chi connectivity index (χ4n) is 3.71. The summed E-state index contributed by atoms with van der Waals surface area (Å²) >= 11 is 0. The van der Waals surface area contributed by atoms with Crippen molar-refractivity contribution in [3.8, 4) is 5.75 Å². The molecule has 1 saturated heterocycles. The van der Waals surface area contributed by atoms with Gasteiger partial charge < -0.3 is 20.1 Å². The molecule has 0 bridgehead atoms. The van der Waals surface area contributed by atoms with Crippen molar-refractivity contribution in [1.29, 1.82) is 0 Å². The number of rotatable bonds is 5. The molecule has 5 nitrogen and oxygen atoms in total. The molecule has 0 saturated carbocycles. The van der Waals surface area contributed by atoms with Crippen molar-refractivity contribution in [3.63, 3.8) is 0 Å². The summed E-state index contributed by atoms with van der Waals surface area (Å²) in [5, 5.41) is 0. The van der Waals surface area contributed by atoms with Crippen LogP contribution in [0.3, 0.4) is 0 Å². The summed E-state index contributed by atoms with van der Waals surface area (Å²) in [4.78, 5) is 14.2. The van der Waals surface area contributed by atoms with E-state index in [1.54, 1.807) is 4.90 Å². The second-order valence-electron chi connectivity index (χ2n) is 7.71. The van der Waals surface area contributed by atoms with E-state index < -0.39 is 0 Å². The highest BCUT2D eigenvalue weighted by Crippen LogP contribution is 2.36. The maximum atomic E-state index is 12.4. The molecule has 0 spiro atoms. The van der Waals surface area contributed by atoms with Gasteiger partial charge in [0.2, 0.25) is 0 Å². The Labute approximate surface area is 167 Å². The van der Waals surface area contributed by atoms with Crippen LogP contribution in [0, 0.1) is 6.92 Å². The molecule has 0 unspecified atom stereocenters. The van der Waals surface area contributed by atoms with Crippen molar-refractivity contribution in [3.05, 3.63) is 59.2 Å². The molecule has 0 aromatic heterocycles. The molecular formula is C23H30N2O3. The van der Waals surface area contributed by atoms with Gasteiger partial charge in [0.25, 0.3) is 0 Å². The Hall–Kier alpha value is -2.69. The molecular weight excluding hydrogens is 352 g/mol. The zero-order valence-corrected chi connectivity index (χ0v) is 17.0. The number of amides is 1. The molecule has 2 aromatic rings. The minimum absolute atomic E-state index is 0.0825. The maximum absolute atomic E-state index is 12.4. The Morgan fingerprint density at radius 1 is 1.18 bits per heavy atom. The van der Waals surface area contributed by atoms with Gasteiger partial charge in [0.05, 0.1) is 11.8 Å². The first-order valence-electron chi connectivity index (χ1n) is 9.96. The Kier molecular flexibility index (Phi) is 6.45. The highest BCUT2D eigenvalue weighted by molar-refractivity contribution is 5.67. The summed E-state index contributed by atoms with van der Waals surface area (Å²) in [7, 11) is 0. The normalized spacial score (nSPS) is 14.9. The summed E-state index contributed by atoms with van der Waals surface area (Å²) in [6.07, 6.45) is 1.66. The van der Waals surface area contributed by atoms with Gasteiger partial charge >= 0.3 is 6.09 Å². The SMILES string of the molecule is Cc1cc(N)c(OC(C)C)cc1C1CCN(C(=O)OCc2ccccc2)CC1. The predicted octanol–water partition coefficient (Wildman–Crippen LogP) is 4.88. The van der Waals surface area contributed by atoms with E-state index in [-0.39, 0.29) is 12.2 Å². The zero-order chi connectivity index (χ0) is 20.1. The van der Waals surface area contributed by atoms with Crippen LogP contribution in [0.5, 0.6) is 5.75 Å². The minimum Gasteiger partial charge on any atom is -0.489 e. The van der Waals surface area contributed by atoms with Crippen molar-refractivity contribution >= 4 is 11.8 Å². The molecule has 1 aliphatic rings. The Morgan fingerprint density at radius 2 is 1.86 bits per heavy atom. The Balaban J connectivity index is 1.58. The number of aryl methyl sites for hydroxylation is 1.